The van der Waals surface area contributed by atoms with E-state index in [1.54, 1.807) is 0 Å². The van der Waals surface area contributed by atoms with Crippen LogP contribution in [0, 0.1) is 23.7 Å². The van der Waals surface area contributed by atoms with Crippen LogP contribution in [0.2, 0.25) is 13.1 Å². The number of rotatable bonds is 4. The first-order valence-electron chi connectivity index (χ1n) is 5.69. The summed E-state index contributed by atoms with van der Waals surface area (Å²) in [5.41, 5.74) is 0. The van der Waals surface area contributed by atoms with Gasteiger partial charge in [-0.15, -0.1) is 0 Å². The third-order valence-corrected chi connectivity index (χ3v) is 7.97. The van der Waals surface area contributed by atoms with Crippen LogP contribution in [0.1, 0.15) is 26.7 Å². The van der Waals surface area contributed by atoms with Crippen molar-refractivity contribution in [3.8, 4) is 11.8 Å². The van der Waals surface area contributed by atoms with Crippen LogP contribution in [0.5, 0.6) is 0 Å². The lowest BCUT2D eigenvalue weighted by molar-refractivity contribution is 0.199. The lowest BCUT2D eigenvalue weighted by Gasteiger charge is -2.27. The van der Waals surface area contributed by atoms with E-state index < -0.39 is 8.32 Å². The molecule has 0 bridgehead atoms. The average molecular weight is 289 g/mol. The zero-order valence-corrected chi connectivity index (χ0v) is 12.7. The molecule has 0 radical (unpaired) electrons. The quantitative estimate of drug-likeness (QED) is 0.437. The summed E-state index contributed by atoms with van der Waals surface area (Å²) in [6.07, 6.45) is 2.71. The van der Waals surface area contributed by atoms with Crippen molar-refractivity contribution in [1.82, 2.24) is 0 Å². The highest BCUT2D eigenvalue weighted by atomic mass is 79.9. The molecule has 0 aromatic rings. The Morgan fingerprint density at radius 1 is 1.40 bits per heavy atom. The van der Waals surface area contributed by atoms with Gasteiger partial charge in [0.1, 0.15) is 6.10 Å². The molecule has 0 spiro atoms. The molecule has 0 aromatic carbocycles. The van der Waals surface area contributed by atoms with Gasteiger partial charge in [0.15, 0.2) is 8.32 Å². The molecule has 15 heavy (non-hydrogen) atoms. The molecule has 1 aliphatic rings. The van der Waals surface area contributed by atoms with Crippen LogP contribution in [-0.4, -0.2) is 19.4 Å². The van der Waals surface area contributed by atoms with Crippen LogP contribution in [0.15, 0.2) is 0 Å². The van der Waals surface area contributed by atoms with Gasteiger partial charge >= 0.3 is 0 Å². The Balaban J connectivity index is 2.54. The summed E-state index contributed by atoms with van der Waals surface area (Å²) in [5, 5.41) is 0. The Kier molecular flexibility index (Phi) is 4.89. The Morgan fingerprint density at radius 2 is 2.00 bits per heavy atom. The normalized spacial score (nSPS) is 18.5. The van der Waals surface area contributed by atoms with E-state index in [1.165, 1.54) is 12.8 Å². The van der Waals surface area contributed by atoms with E-state index in [4.69, 9.17) is 4.43 Å². The molecule has 0 heterocycles. The molecule has 0 aromatic heterocycles. The molecule has 1 aliphatic carbocycles. The first kappa shape index (κ1) is 13.3. The lowest BCUT2D eigenvalue weighted by Crippen LogP contribution is -2.39. The standard InChI is InChI=1S/C12H21BrOSi/c1-10(2)12(8-7-11-5-6-11)14-15(3,4)9-13/h10-12H,5-6,9H2,1-4H3. The third-order valence-electron chi connectivity index (χ3n) is 2.38. The zero-order valence-electron chi connectivity index (χ0n) is 10.1. The molecule has 1 nitrogen and oxygen atoms in total. The van der Waals surface area contributed by atoms with Gasteiger partial charge in [0, 0.05) is 10.9 Å². The topological polar surface area (TPSA) is 9.23 Å². The molecular weight excluding hydrogens is 268 g/mol. The number of hydrogen-bond acceptors (Lipinski definition) is 1. The van der Waals surface area contributed by atoms with Gasteiger partial charge in [0.25, 0.3) is 0 Å². The minimum atomic E-state index is -1.54. The minimum Gasteiger partial charge on any atom is -0.403 e. The van der Waals surface area contributed by atoms with Crippen molar-refractivity contribution >= 4 is 24.2 Å². The van der Waals surface area contributed by atoms with Gasteiger partial charge in [0.2, 0.25) is 0 Å². The molecule has 86 valence electrons. The zero-order chi connectivity index (χ0) is 11.5. The molecule has 1 atom stereocenters. The summed E-state index contributed by atoms with van der Waals surface area (Å²) < 4.78 is 6.15. The van der Waals surface area contributed by atoms with Crippen molar-refractivity contribution in [1.29, 1.82) is 0 Å². The second-order valence-corrected chi connectivity index (χ2v) is 10.9. The highest BCUT2D eigenvalue weighted by Gasteiger charge is 2.26. The van der Waals surface area contributed by atoms with Crippen LogP contribution < -0.4 is 0 Å². The maximum atomic E-state index is 6.15. The Hall–Kier alpha value is 0.217. The van der Waals surface area contributed by atoms with Crippen LogP contribution in [0.3, 0.4) is 0 Å². The number of halogens is 1. The van der Waals surface area contributed by atoms with Crippen LogP contribution in [0.4, 0.5) is 0 Å². The van der Waals surface area contributed by atoms with E-state index in [0.29, 0.717) is 11.8 Å². The van der Waals surface area contributed by atoms with E-state index in [2.05, 4.69) is 54.7 Å². The molecule has 1 rings (SSSR count). The smallest absolute Gasteiger partial charge is 0.198 e. The van der Waals surface area contributed by atoms with Crippen LogP contribution in [-0.2, 0) is 4.43 Å². The monoisotopic (exact) mass is 288 g/mol. The minimum absolute atomic E-state index is 0.129. The second-order valence-electron chi connectivity index (χ2n) is 5.24. The van der Waals surface area contributed by atoms with Crippen LogP contribution in [0.25, 0.3) is 0 Å². The van der Waals surface area contributed by atoms with Crippen molar-refractivity contribution in [2.24, 2.45) is 11.8 Å². The number of hydrogen-bond donors (Lipinski definition) is 0. The fraction of sp³-hybridized carbons (Fsp3) is 0.833. The van der Waals surface area contributed by atoms with Gasteiger partial charge in [-0.05, 0) is 31.9 Å². The van der Waals surface area contributed by atoms with Gasteiger partial charge in [-0.1, -0.05) is 41.6 Å². The van der Waals surface area contributed by atoms with Crippen molar-refractivity contribution in [2.45, 2.75) is 45.9 Å². The van der Waals surface area contributed by atoms with E-state index in [-0.39, 0.29) is 6.10 Å². The van der Waals surface area contributed by atoms with E-state index in [0.717, 1.165) is 4.95 Å². The SMILES string of the molecule is CC(C)C(C#CC1CC1)O[Si](C)(C)CBr. The first-order valence-corrected chi connectivity index (χ1v) is 9.93. The molecule has 1 saturated carbocycles. The predicted octanol–water partition coefficient (Wildman–Crippen LogP) is 3.58. The molecule has 0 saturated heterocycles. The Labute approximate surface area is 103 Å². The van der Waals surface area contributed by atoms with Gasteiger partial charge in [0.05, 0.1) is 0 Å². The number of alkyl halides is 1. The van der Waals surface area contributed by atoms with Crippen molar-refractivity contribution in [3.05, 3.63) is 0 Å². The first-order chi connectivity index (χ1) is 6.94. The lowest BCUT2D eigenvalue weighted by atomic mass is 10.1. The van der Waals surface area contributed by atoms with Crippen molar-refractivity contribution < 1.29 is 4.43 Å². The molecule has 0 aliphatic heterocycles. The van der Waals surface area contributed by atoms with Crippen molar-refractivity contribution in [3.63, 3.8) is 0 Å². The average Bonchev–Trinajstić information content (AvgIpc) is 2.95. The van der Waals surface area contributed by atoms with E-state index in [1.807, 2.05) is 0 Å². The van der Waals surface area contributed by atoms with Gasteiger partial charge in [-0.3, -0.25) is 0 Å². The molecule has 3 heteroatoms. The molecule has 0 amide bonds. The predicted molar refractivity (Wildman–Crippen MR) is 71.5 cm³/mol. The molecule has 0 N–H and O–H groups in total. The van der Waals surface area contributed by atoms with Crippen LogP contribution >= 0.6 is 15.9 Å². The summed E-state index contributed by atoms with van der Waals surface area (Å²) in [6, 6.07) is 0. The van der Waals surface area contributed by atoms with Crippen molar-refractivity contribution in [2.75, 3.05) is 4.95 Å². The summed E-state index contributed by atoms with van der Waals surface area (Å²) in [6.45, 7) is 8.84. The fourth-order valence-electron chi connectivity index (χ4n) is 1.14. The molecular formula is C12H21BrOSi. The van der Waals surface area contributed by atoms with Gasteiger partial charge in [-0.2, -0.15) is 0 Å². The van der Waals surface area contributed by atoms with Gasteiger partial charge in [-0.25, -0.2) is 0 Å². The fourth-order valence-corrected chi connectivity index (χ4v) is 2.61. The summed E-state index contributed by atoms with van der Waals surface area (Å²) in [7, 11) is -1.54. The van der Waals surface area contributed by atoms with Gasteiger partial charge < -0.3 is 4.43 Å². The van der Waals surface area contributed by atoms with E-state index in [9.17, 15) is 0 Å². The Bertz CT molecular complexity index is 261. The summed E-state index contributed by atoms with van der Waals surface area (Å²) >= 11 is 3.53. The largest absolute Gasteiger partial charge is 0.403 e. The van der Waals surface area contributed by atoms with E-state index >= 15 is 0 Å². The highest BCUT2D eigenvalue weighted by Crippen LogP contribution is 2.28. The maximum absolute atomic E-state index is 6.15. The summed E-state index contributed by atoms with van der Waals surface area (Å²) in [5.74, 6) is 7.79. The summed E-state index contributed by atoms with van der Waals surface area (Å²) in [4.78, 5) is 0.980. The molecule has 1 unspecified atom stereocenters. The maximum Gasteiger partial charge on any atom is 0.198 e. The Morgan fingerprint density at radius 3 is 2.40 bits per heavy atom. The second kappa shape index (κ2) is 5.52. The highest BCUT2D eigenvalue weighted by molar-refractivity contribution is 9.09. The third kappa shape index (κ3) is 5.19. The molecule has 1 fully saturated rings.